The highest BCUT2D eigenvalue weighted by Crippen LogP contribution is 2.26. The lowest BCUT2D eigenvalue weighted by molar-refractivity contribution is -0.131. The first-order valence-corrected chi connectivity index (χ1v) is 7.26. The number of carbonyl (C=O) groups is 1. The van der Waals surface area contributed by atoms with Crippen LogP contribution >= 0.6 is 0 Å². The number of nitrogens with zero attached hydrogens (tertiary/aromatic N) is 1. The van der Waals surface area contributed by atoms with Crippen LogP contribution in [0.1, 0.15) is 25.7 Å². The van der Waals surface area contributed by atoms with Crippen LogP contribution in [0.25, 0.3) is 0 Å². The molecular formula is C16H23NO3. The number of carbonyl (C=O) groups excluding carboxylic acids is 1. The second-order valence-electron chi connectivity index (χ2n) is 5.44. The zero-order valence-corrected chi connectivity index (χ0v) is 12.0. The fourth-order valence-electron chi connectivity index (χ4n) is 2.65. The monoisotopic (exact) mass is 277 g/mol. The van der Waals surface area contributed by atoms with E-state index in [4.69, 9.17) is 4.74 Å². The zero-order valence-electron chi connectivity index (χ0n) is 12.0. The van der Waals surface area contributed by atoms with Crippen molar-refractivity contribution in [3.63, 3.8) is 0 Å². The third-order valence-corrected chi connectivity index (χ3v) is 3.88. The van der Waals surface area contributed by atoms with Crippen molar-refractivity contribution in [1.29, 1.82) is 0 Å². The van der Waals surface area contributed by atoms with E-state index in [0.29, 0.717) is 19.6 Å². The summed E-state index contributed by atoms with van der Waals surface area (Å²) >= 11 is 0. The van der Waals surface area contributed by atoms with Gasteiger partial charge in [0.2, 0.25) is 5.91 Å². The van der Waals surface area contributed by atoms with E-state index >= 15 is 0 Å². The molecule has 2 unspecified atom stereocenters. The van der Waals surface area contributed by atoms with Crippen LogP contribution in [0.5, 0.6) is 5.75 Å². The van der Waals surface area contributed by atoms with Crippen molar-refractivity contribution >= 4 is 5.91 Å². The van der Waals surface area contributed by atoms with Gasteiger partial charge in [0.25, 0.3) is 0 Å². The Morgan fingerprint density at radius 3 is 2.75 bits per heavy atom. The Morgan fingerprint density at radius 1 is 1.35 bits per heavy atom. The molecule has 2 rings (SSSR count). The standard InChI is InChI=1S/C16H23NO3/c1-17(12-13-6-5-9-15(13)18)16(19)10-11-20-14-7-3-2-4-8-14/h2-4,7-8,13,15,18H,5-6,9-12H2,1H3. The topological polar surface area (TPSA) is 49.8 Å². The molecule has 0 bridgehead atoms. The van der Waals surface area contributed by atoms with Gasteiger partial charge in [-0.1, -0.05) is 24.6 Å². The Kier molecular flexibility index (Phi) is 5.41. The van der Waals surface area contributed by atoms with E-state index in [-0.39, 0.29) is 17.9 Å². The van der Waals surface area contributed by atoms with Gasteiger partial charge in [-0.15, -0.1) is 0 Å². The van der Waals surface area contributed by atoms with Crippen LogP contribution in [0, 0.1) is 5.92 Å². The molecular weight excluding hydrogens is 254 g/mol. The van der Waals surface area contributed by atoms with Crippen LogP contribution in [-0.4, -0.2) is 42.2 Å². The molecule has 1 amide bonds. The molecule has 1 aliphatic rings. The van der Waals surface area contributed by atoms with E-state index in [2.05, 4.69) is 0 Å². The van der Waals surface area contributed by atoms with Gasteiger partial charge in [0.05, 0.1) is 19.1 Å². The normalized spacial score (nSPS) is 21.7. The predicted octanol–water partition coefficient (Wildman–Crippen LogP) is 2.07. The molecule has 1 fully saturated rings. The van der Waals surface area contributed by atoms with E-state index in [0.717, 1.165) is 25.0 Å². The SMILES string of the molecule is CN(CC1CCCC1O)C(=O)CCOc1ccccc1. The molecule has 1 aromatic carbocycles. The second-order valence-corrected chi connectivity index (χ2v) is 5.44. The fourth-order valence-corrected chi connectivity index (χ4v) is 2.65. The molecule has 1 saturated carbocycles. The quantitative estimate of drug-likeness (QED) is 0.866. The van der Waals surface area contributed by atoms with Crippen molar-refractivity contribution in [3.8, 4) is 5.75 Å². The van der Waals surface area contributed by atoms with E-state index < -0.39 is 0 Å². The molecule has 20 heavy (non-hydrogen) atoms. The van der Waals surface area contributed by atoms with Crippen molar-refractivity contribution in [2.75, 3.05) is 20.2 Å². The Bertz CT molecular complexity index is 421. The third-order valence-electron chi connectivity index (χ3n) is 3.88. The van der Waals surface area contributed by atoms with Gasteiger partial charge in [0.15, 0.2) is 0 Å². The molecule has 0 saturated heterocycles. The van der Waals surface area contributed by atoms with Crippen LogP contribution in [0.15, 0.2) is 30.3 Å². The summed E-state index contributed by atoms with van der Waals surface area (Å²) in [6, 6.07) is 9.50. The first-order valence-electron chi connectivity index (χ1n) is 7.26. The highest BCUT2D eigenvalue weighted by Gasteiger charge is 2.27. The molecule has 0 aromatic heterocycles. The Hall–Kier alpha value is -1.55. The smallest absolute Gasteiger partial charge is 0.225 e. The van der Waals surface area contributed by atoms with Gasteiger partial charge in [-0.25, -0.2) is 0 Å². The predicted molar refractivity (Wildman–Crippen MR) is 77.5 cm³/mol. The first-order chi connectivity index (χ1) is 9.66. The molecule has 0 radical (unpaired) electrons. The average molecular weight is 277 g/mol. The molecule has 0 aliphatic heterocycles. The van der Waals surface area contributed by atoms with Crippen molar-refractivity contribution < 1.29 is 14.6 Å². The van der Waals surface area contributed by atoms with Crippen LogP contribution in [-0.2, 0) is 4.79 Å². The molecule has 0 heterocycles. The lowest BCUT2D eigenvalue weighted by Gasteiger charge is -2.23. The van der Waals surface area contributed by atoms with Gasteiger partial charge >= 0.3 is 0 Å². The number of aliphatic hydroxyl groups is 1. The summed E-state index contributed by atoms with van der Waals surface area (Å²) in [7, 11) is 1.80. The number of ether oxygens (including phenoxy) is 1. The Labute approximate surface area is 120 Å². The number of para-hydroxylation sites is 1. The van der Waals surface area contributed by atoms with Crippen molar-refractivity contribution in [3.05, 3.63) is 30.3 Å². The molecule has 4 heteroatoms. The van der Waals surface area contributed by atoms with Gasteiger partial charge in [-0.2, -0.15) is 0 Å². The van der Waals surface area contributed by atoms with E-state index in [1.165, 1.54) is 0 Å². The minimum Gasteiger partial charge on any atom is -0.493 e. The fraction of sp³-hybridized carbons (Fsp3) is 0.562. The average Bonchev–Trinajstić information content (AvgIpc) is 2.85. The number of hydrogen-bond acceptors (Lipinski definition) is 3. The Balaban J connectivity index is 1.68. The first kappa shape index (κ1) is 14.9. The summed E-state index contributed by atoms with van der Waals surface area (Å²) in [4.78, 5) is 13.7. The van der Waals surface area contributed by atoms with Crippen molar-refractivity contribution in [2.24, 2.45) is 5.92 Å². The van der Waals surface area contributed by atoms with Gasteiger partial charge in [0.1, 0.15) is 5.75 Å². The van der Waals surface area contributed by atoms with E-state index in [9.17, 15) is 9.90 Å². The number of aliphatic hydroxyl groups excluding tert-OH is 1. The maximum atomic E-state index is 12.0. The molecule has 0 spiro atoms. The van der Waals surface area contributed by atoms with Gasteiger partial charge in [0, 0.05) is 19.5 Å². The summed E-state index contributed by atoms with van der Waals surface area (Å²) in [6.07, 6.45) is 3.06. The lowest BCUT2D eigenvalue weighted by atomic mass is 10.1. The van der Waals surface area contributed by atoms with E-state index in [1.807, 2.05) is 30.3 Å². The molecule has 1 aliphatic carbocycles. The summed E-state index contributed by atoms with van der Waals surface area (Å²) in [6.45, 7) is 1.03. The highest BCUT2D eigenvalue weighted by molar-refractivity contribution is 5.76. The number of benzene rings is 1. The summed E-state index contributed by atoms with van der Waals surface area (Å²) < 4.78 is 5.52. The van der Waals surface area contributed by atoms with Gasteiger partial charge < -0.3 is 14.7 Å². The molecule has 110 valence electrons. The summed E-state index contributed by atoms with van der Waals surface area (Å²) in [5.41, 5.74) is 0. The largest absolute Gasteiger partial charge is 0.493 e. The third kappa shape index (κ3) is 4.23. The van der Waals surface area contributed by atoms with Crippen molar-refractivity contribution in [2.45, 2.75) is 31.8 Å². The molecule has 1 N–H and O–H groups in total. The zero-order chi connectivity index (χ0) is 14.4. The molecule has 2 atom stereocenters. The van der Waals surface area contributed by atoms with Crippen LogP contribution in [0.3, 0.4) is 0 Å². The van der Waals surface area contributed by atoms with Gasteiger partial charge in [-0.3, -0.25) is 4.79 Å². The van der Waals surface area contributed by atoms with Crippen LogP contribution in [0.2, 0.25) is 0 Å². The second kappa shape index (κ2) is 7.29. The van der Waals surface area contributed by atoms with Gasteiger partial charge in [-0.05, 0) is 25.0 Å². The molecule has 4 nitrogen and oxygen atoms in total. The van der Waals surface area contributed by atoms with E-state index in [1.54, 1.807) is 11.9 Å². The minimum absolute atomic E-state index is 0.0695. The maximum Gasteiger partial charge on any atom is 0.225 e. The lowest BCUT2D eigenvalue weighted by Crippen LogP contribution is -2.35. The summed E-state index contributed by atoms with van der Waals surface area (Å²) in [5.74, 6) is 1.09. The molecule has 1 aromatic rings. The van der Waals surface area contributed by atoms with Crippen molar-refractivity contribution in [1.82, 2.24) is 4.90 Å². The number of hydrogen-bond donors (Lipinski definition) is 1. The van der Waals surface area contributed by atoms with Crippen LogP contribution < -0.4 is 4.74 Å². The highest BCUT2D eigenvalue weighted by atomic mass is 16.5. The maximum absolute atomic E-state index is 12.0. The Morgan fingerprint density at radius 2 is 2.10 bits per heavy atom. The minimum atomic E-state index is -0.245. The van der Waals surface area contributed by atoms with Crippen LogP contribution in [0.4, 0.5) is 0 Å². The number of amides is 1. The number of rotatable bonds is 6. The summed E-state index contributed by atoms with van der Waals surface area (Å²) in [5, 5.41) is 9.78.